The number of carbonyl (C=O) groups excluding carboxylic acids is 2. The second-order valence-electron chi connectivity index (χ2n) is 8.44. The summed E-state index contributed by atoms with van der Waals surface area (Å²) in [5.74, 6) is 0.357. The fourth-order valence-corrected chi connectivity index (χ4v) is 4.91. The predicted molar refractivity (Wildman–Crippen MR) is 115 cm³/mol. The van der Waals surface area contributed by atoms with Crippen molar-refractivity contribution in [2.45, 2.75) is 25.7 Å². The van der Waals surface area contributed by atoms with E-state index in [0.717, 1.165) is 68.8 Å². The van der Waals surface area contributed by atoms with Crippen LogP contribution in [0.2, 0.25) is 0 Å². The summed E-state index contributed by atoms with van der Waals surface area (Å²) in [4.78, 5) is 29.8. The normalized spacial score (nSPS) is 22.1. The molecule has 0 aromatic heterocycles. The first-order valence-corrected chi connectivity index (χ1v) is 10.7. The molecule has 1 amide bonds. The molecular weight excluding hydrogens is 362 g/mol. The lowest BCUT2D eigenvalue weighted by molar-refractivity contribution is -0.116. The molecule has 5 nitrogen and oxygen atoms in total. The summed E-state index contributed by atoms with van der Waals surface area (Å²) in [6, 6.07) is 14.6. The molecule has 2 heterocycles. The van der Waals surface area contributed by atoms with E-state index in [-0.39, 0.29) is 17.6 Å². The molecule has 2 aromatic carbocycles. The summed E-state index contributed by atoms with van der Waals surface area (Å²) in [5.41, 5.74) is 5.28. The molecule has 2 aliphatic heterocycles. The quantitative estimate of drug-likeness (QED) is 0.876. The number of hydrogen-bond acceptors (Lipinski definition) is 4. The van der Waals surface area contributed by atoms with Gasteiger partial charge in [0.05, 0.1) is 0 Å². The first-order chi connectivity index (χ1) is 14.2. The van der Waals surface area contributed by atoms with Crippen molar-refractivity contribution in [1.29, 1.82) is 0 Å². The number of aryl methyl sites for hydroxylation is 2. The molecule has 1 saturated heterocycles. The smallest absolute Gasteiger partial charge is 0.224 e. The van der Waals surface area contributed by atoms with E-state index in [1.165, 1.54) is 11.3 Å². The van der Waals surface area contributed by atoms with Crippen LogP contribution < -0.4 is 10.2 Å². The van der Waals surface area contributed by atoms with Gasteiger partial charge in [0.2, 0.25) is 5.91 Å². The molecule has 1 aliphatic carbocycles. The van der Waals surface area contributed by atoms with Gasteiger partial charge in [-0.05, 0) is 48.6 Å². The lowest BCUT2D eigenvalue weighted by Crippen LogP contribution is -2.49. The molecule has 0 bridgehead atoms. The molecule has 29 heavy (non-hydrogen) atoms. The van der Waals surface area contributed by atoms with Crippen molar-refractivity contribution in [3.63, 3.8) is 0 Å². The van der Waals surface area contributed by atoms with Crippen LogP contribution in [0.15, 0.2) is 42.5 Å². The summed E-state index contributed by atoms with van der Waals surface area (Å²) < 4.78 is 0. The average molecular weight is 389 g/mol. The van der Waals surface area contributed by atoms with Gasteiger partial charge in [-0.15, -0.1) is 0 Å². The van der Waals surface area contributed by atoms with Gasteiger partial charge in [-0.3, -0.25) is 14.5 Å². The van der Waals surface area contributed by atoms with Crippen LogP contribution in [0.5, 0.6) is 0 Å². The van der Waals surface area contributed by atoms with Crippen LogP contribution >= 0.6 is 0 Å². The SMILES string of the molecule is O=C1CCc2cc3c(cc2N1)C(=O)C(CN1CCN(c2ccccc2)CC1)CC3. The van der Waals surface area contributed by atoms with Crippen molar-refractivity contribution in [3.05, 3.63) is 59.2 Å². The number of anilines is 2. The van der Waals surface area contributed by atoms with Gasteiger partial charge in [0, 0.05) is 62.0 Å². The number of Topliss-reactive ketones (excluding diaryl/α,β-unsaturated/α-hetero) is 1. The number of fused-ring (bicyclic) bond motifs is 2. The first-order valence-electron chi connectivity index (χ1n) is 10.7. The molecule has 3 aliphatic rings. The van der Waals surface area contributed by atoms with Gasteiger partial charge in [0.15, 0.2) is 5.78 Å². The summed E-state index contributed by atoms with van der Waals surface area (Å²) >= 11 is 0. The number of hydrogen-bond donors (Lipinski definition) is 1. The molecule has 1 atom stereocenters. The Kier molecular flexibility index (Phi) is 4.84. The Bertz CT molecular complexity index is 933. The largest absolute Gasteiger partial charge is 0.369 e. The van der Waals surface area contributed by atoms with Gasteiger partial charge < -0.3 is 10.2 Å². The number of ketones is 1. The minimum Gasteiger partial charge on any atom is -0.369 e. The molecule has 2 aromatic rings. The monoisotopic (exact) mass is 389 g/mol. The standard InChI is InChI=1S/C24H27N3O2/c28-23-9-8-18-14-17-6-7-19(24(29)21(17)15-22(18)25-23)16-26-10-12-27(13-11-26)20-4-2-1-3-5-20/h1-5,14-15,19H,6-13,16H2,(H,25,28). The van der Waals surface area contributed by atoms with Gasteiger partial charge in [-0.1, -0.05) is 24.3 Å². The van der Waals surface area contributed by atoms with Crippen molar-refractivity contribution < 1.29 is 9.59 Å². The van der Waals surface area contributed by atoms with E-state index in [1.807, 2.05) is 6.07 Å². The van der Waals surface area contributed by atoms with E-state index in [1.54, 1.807) is 0 Å². The van der Waals surface area contributed by atoms with E-state index in [0.29, 0.717) is 6.42 Å². The summed E-state index contributed by atoms with van der Waals surface area (Å²) in [7, 11) is 0. The maximum absolute atomic E-state index is 13.2. The minimum absolute atomic E-state index is 0.0496. The number of nitrogens with zero attached hydrogens (tertiary/aromatic N) is 2. The van der Waals surface area contributed by atoms with Crippen LogP contribution in [0.1, 0.15) is 34.3 Å². The van der Waals surface area contributed by atoms with Crippen LogP contribution in [0, 0.1) is 5.92 Å². The Balaban J connectivity index is 1.24. The maximum atomic E-state index is 13.2. The highest BCUT2D eigenvalue weighted by molar-refractivity contribution is 6.03. The van der Waals surface area contributed by atoms with Crippen molar-refractivity contribution in [1.82, 2.24) is 4.90 Å². The minimum atomic E-state index is 0.0496. The van der Waals surface area contributed by atoms with Crippen molar-refractivity contribution in [2.24, 2.45) is 5.92 Å². The predicted octanol–water partition coefficient (Wildman–Crippen LogP) is 3.14. The average Bonchev–Trinajstić information content (AvgIpc) is 2.76. The lowest BCUT2D eigenvalue weighted by Gasteiger charge is -2.38. The molecule has 5 rings (SSSR count). The van der Waals surface area contributed by atoms with Gasteiger partial charge in [0.1, 0.15) is 0 Å². The number of para-hydroxylation sites is 1. The van der Waals surface area contributed by atoms with Crippen molar-refractivity contribution >= 4 is 23.1 Å². The number of carbonyl (C=O) groups is 2. The summed E-state index contributed by atoms with van der Waals surface area (Å²) in [6.45, 7) is 4.82. The molecular formula is C24H27N3O2. The highest BCUT2D eigenvalue weighted by Gasteiger charge is 2.31. The molecule has 150 valence electrons. The zero-order valence-corrected chi connectivity index (χ0v) is 16.7. The Morgan fingerprint density at radius 2 is 1.69 bits per heavy atom. The fraction of sp³-hybridized carbons (Fsp3) is 0.417. The van der Waals surface area contributed by atoms with E-state index in [2.05, 4.69) is 51.5 Å². The van der Waals surface area contributed by atoms with Crippen LogP contribution in [0.3, 0.4) is 0 Å². The number of amides is 1. The van der Waals surface area contributed by atoms with Gasteiger partial charge in [-0.2, -0.15) is 0 Å². The van der Waals surface area contributed by atoms with Crippen LogP contribution in [-0.2, 0) is 17.6 Å². The molecule has 1 unspecified atom stereocenters. The van der Waals surface area contributed by atoms with Crippen molar-refractivity contribution in [3.8, 4) is 0 Å². The summed E-state index contributed by atoms with van der Waals surface area (Å²) in [6.07, 6.45) is 3.20. The highest BCUT2D eigenvalue weighted by atomic mass is 16.1. The third-order valence-corrected chi connectivity index (χ3v) is 6.60. The fourth-order valence-electron chi connectivity index (χ4n) is 4.91. The number of piperazine rings is 1. The number of rotatable bonds is 3. The Morgan fingerprint density at radius 3 is 2.48 bits per heavy atom. The topological polar surface area (TPSA) is 52.7 Å². The number of nitrogens with one attached hydrogen (secondary N) is 1. The molecule has 0 saturated carbocycles. The van der Waals surface area contributed by atoms with E-state index in [4.69, 9.17) is 0 Å². The molecule has 0 spiro atoms. The highest BCUT2D eigenvalue weighted by Crippen LogP contribution is 2.33. The van der Waals surface area contributed by atoms with Crippen LogP contribution in [0.4, 0.5) is 11.4 Å². The molecule has 0 radical (unpaired) electrons. The molecule has 5 heteroatoms. The van der Waals surface area contributed by atoms with E-state index < -0.39 is 0 Å². The number of benzene rings is 2. The lowest BCUT2D eigenvalue weighted by atomic mass is 9.80. The zero-order chi connectivity index (χ0) is 19.8. The third kappa shape index (κ3) is 3.67. The van der Waals surface area contributed by atoms with E-state index in [9.17, 15) is 9.59 Å². The zero-order valence-electron chi connectivity index (χ0n) is 16.7. The molecule has 1 fully saturated rings. The molecule has 1 N–H and O–H groups in total. The Hall–Kier alpha value is -2.66. The Morgan fingerprint density at radius 1 is 0.897 bits per heavy atom. The summed E-state index contributed by atoms with van der Waals surface area (Å²) in [5, 5.41) is 2.94. The first kappa shape index (κ1) is 18.4. The third-order valence-electron chi connectivity index (χ3n) is 6.60. The van der Waals surface area contributed by atoms with Crippen LogP contribution in [-0.4, -0.2) is 49.3 Å². The maximum Gasteiger partial charge on any atom is 0.224 e. The second kappa shape index (κ2) is 7.64. The van der Waals surface area contributed by atoms with Gasteiger partial charge in [-0.25, -0.2) is 0 Å². The Labute approximate surface area is 171 Å². The van der Waals surface area contributed by atoms with Crippen molar-refractivity contribution in [2.75, 3.05) is 42.9 Å². The van der Waals surface area contributed by atoms with E-state index >= 15 is 0 Å². The van der Waals surface area contributed by atoms with Crippen LogP contribution in [0.25, 0.3) is 0 Å². The van der Waals surface area contributed by atoms with Gasteiger partial charge >= 0.3 is 0 Å². The second-order valence-corrected chi connectivity index (χ2v) is 8.44. The van der Waals surface area contributed by atoms with Gasteiger partial charge in [0.25, 0.3) is 0 Å².